The van der Waals surface area contributed by atoms with Gasteiger partial charge in [-0.2, -0.15) is 5.10 Å². The van der Waals surface area contributed by atoms with Gasteiger partial charge in [0.1, 0.15) is 6.33 Å². The van der Waals surface area contributed by atoms with E-state index in [1.54, 1.807) is 39.9 Å². The Hall–Kier alpha value is -2.74. The molecule has 1 fully saturated rings. The molecule has 0 aliphatic heterocycles. The van der Waals surface area contributed by atoms with E-state index in [9.17, 15) is 9.90 Å². The summed E-state index contributed by atoms with van der Waals surface area (Å²) in [7, 11) is 1.84. The maximum Gasteiger partial charge on any atom is 0.255 e. The molecule has 1 amide bonds. The maximum atomic E-state index is 12.8. The molecule has 0 unspecified atom stereocenters. The Morgan fingerprint density at radius 3 is 3.00 bits per heavy atom. The molecule has 0 bridgehead atoms. The summed E-state index contributed by atoms with van der Waals surface area (Å²) in [5, 5.41) is 24.8. The van der Waals surface area contributed by atoms with Gasteiger partial charge in [0.05, 0.1) is 23.9 Å². The van der Waals surface area contributed by atoms with Crippen LogP contribution in [0.3, 0.4) is 0 Å². The van der Waals surface area contributed by atoms with Gasteiger partial charge in [-0.3, -0.25) is 13.9 Å². The Morgan fingerprint density at radius 2 is 2.29 bits per heavy atom. The fourth-order valence-electron chi connectivity index (χ4n) is 3.22. The Bertz CT molecular complexity index is 879. The first kappa shape index (κ1) is 14.8. The summed E-state index contributed by atoms with van der Waals surface area (Å²) in [5.41, 5.74) is 1.94. The second-order valence-electron chi connectivity index (χ2n) is 6.27. The number of amides is 1. The summed E-state index contributed by atoms with van der Waals surface area (Å²) in [5.74, 6) is -0.00500. The van der Waals surface area contributed by atoms with Crippen molar-refractivity contribution < 1.29 is 9.90 Å². The molecule has 8 heteroatoms. The molecule has 1 saturated carbocycles. The van der Waals surface area contributed by atoms with Gasteiger partial charge in [-0.15, -0.1) is 10.2 Å². The lowest BCUT2D eigenvalue weighted by molar-refractivity contribution is 0.0235. The number of pyridine rings is 1. The predicted octanol–water partition coefficient (Wildman–Crippen LogP) is 0.705. The molecule has 24 heavy (non-hydrogen) atoms. The molecule has 4 rings (SSSR count). The third-order valence-electron chi connectivity index (χ3n) is 4.56. The van der Waals surface area contributed by atoms with E-state index < -0.39 is 0 Å². The lowest BCUT2D eigenvalue weighted by Crippen LogP contribution is -2.41. The fraction of sp³-hybridized carbons (Fsp3) is 0.375. The number of carbonyl (C=O) groups excluding carboxylic acids is 1. The normalized spacial score (nSPS) is 21.4. The van der Waals surface area contributed by atoms with Crippen molar-refractivity contribution in [1.82, 2.24) is 29.7 Å². The highest BCUT2D eigenvalue weighted by molar-refractivity contribution is 5.99. The van der Waals surface area contributed by atoms with Crippen LogP contribution in [0, 0.1) is 5.92 Å². The molecular formula is C16H18N6O2. The van der Waals surface area contributed by atoms with Gasteiger partial charge in [-0.05, 0) is 30.9 Å². The van der Waals surface area contributed by atoms with Crippen LogP contribution in [-0.4, -0.2) is 41.5 Å². The number of nitrogens with zero attached hydrogens (tertiary/aromatic N) is 5. The minimum absolute atomic E-state index is 0.183. The van der Waals surface area contributed by atoms with Crippen molar-refractivity contribution >= 4 is 11.6 Å². The highest BCUT2D eigenvalue weighted by Gasteiger charge is 2.36. The van der Waals surface area contributed by atoms with Crippen molar-refractivity contribution in [2.75, 3.05) is 0 Å². The average molecular weight is 326 g/mol. The fourth-order valence-corrected chi connectivity index (χ4v) is 3.22. The number of hydrogen-bond acceptors (Lipinski definition) is 5. The monoisotopic (exact) mass is 326 g/mol. The molecule has 3 aromatic heterocycles. The lowest BCUT2D eigenvalue weighted by Gasteiger charge is -2.37. The van der Waals surface area contributed by atoms with E-state index in [0.29, 0.717) is 24.1 Å². The van der Waals surface area contributed by atoms with E-state index in [0.717, 1.165) is 5.56 Å². The van der Waals surface area contributed by atoms with E-state index >= 15 is 0 Å². The molecule has 1 aliphatic rings. The van der Waals surface area contributed by atoms with E-state index in [4.69, 9.17) is 0 Å². The zero-order chi connectivity index (χ0) is 16.7. The van der Waals surface area contributed by atoms with Crippen molar-refractivity contribution in [3.8, 4) is 0 Å². The SMILES string of the molecule is Cn1cc([C@H](NC(=O)c2cccn3cnnc23)C2CC(O)C2)cn1. The van der Waals surface area contributed by atoms with Gasteiger partial charge in [0, 0.05) is 25.0 Å². The first-order valence-corrected chi connectivity index (χ1v) is 7.87. The molecular weight excluding hydrogens is 308 g/mol. The molecule has 1 aliphatic carbocycles. The van der Waals surface area contributed by atoms with Crippen LogP contribution >= 0.6 is 0 Å². The number of aryl methyl sites for hydroxylation is 1. The standard InChI is InChI=1S/C16H18N6O2/c1-21-8-11(7-18-21)14(10-5-12(23)6-10)19-16(24)13-3-2-4-22-9-17-20-15(13)22/h2-4,7-10,12,14,23H,5-6H2,1H3,(H,19,24)/t10?,12?,14-/m1/s1. The van der Waals surface area contributed by atoms with Crippen molar-refractivity contribution in [3.05, 3.63) is 48.2 Å². The molecule has 0 radical (unpaired) electrons. The molecule has 0 saturated heterocycles. The smallest absolute Gasteiger partial charge is 0.255 e. The average Bonchev–Trinajstić information content (AvgIpc) is 3.17. The molecule has 0 aromatic carbocycles. The highest BCUT2D eigenvalue weighted by Crippen LogP contribution is 2.38. The van der Waals surface area contributed by atoms with Gasteiger partial charge >= 0.3 is 0 Å². The van der Waals surface area contributed by atoms with Gasteiger partial charge < -0.3 is 10.4 Å². The van der Waals surface area contributed by atoms with Crippen LogP contribution < -0.4 is 5.32 Å². The van der Waals surface area contributed by atoms with Crippen LogP contribution in [-0.2, 0) is 7.05 Å². The molecule has 8 nitrogen and oxygen atoms in total. The van der Waals surface area contributed by atoms with Gasteiger partial charge in [0.15, 0.2) is 5.65 Å². The van der Waals surface area contributed by atoms with Crippen molar-refractivity contribution in [2.45, 2.75) is 25.0 Å². The van der Waals surface area contributed by atoms with Gasteiger partial charge in [-0.1, -0.05) is 0 Å². The van der Waals surface area contributed by atoms with E-state index in [2.05, 4.69) is 20.6 Å². The largest absolute Gasteiger partial charge is 0.393 e. The van der Waals surface area contributed by atoms with Crippen molar-refractivity contribution in [2.24, 2.45) is 13.0 Å². The Labute approximate surface area is 138 Å². The molecule has 1 atom stereocenters. The third-order valence-corrected chi connectivity index (χ3v) is 4.56. The second-order valence-corrected chi connectivity index (χ2v) is 6.27. The summed E-state index contributed by atoms with van der Waals surface area (Å²) >= 11 is 0. The first-order chi connectivity index (χ1) is 11.6. The quantitative estimate of drug-likeness (QED) is 0.736. The summed E-state index contributed by atoms with van der Waals surface area (Å²) in [4.78, 5) is 12.8. The van der Waals surface area contributed by atoms with Crippen LogP contribution in [0.2, 0.25) is 0 Å². The first-order valence-electron chi connectivity index (χ1n) is 7.87. The number of nitrogens with one attached hydrogen (secondary N) is 1. The van der Waals surface area contributed by atoms with Gasteiger partial charge in [0.2, 0.25) is 0 Å². The minimum Gasteiger partial charge on any atom is -0.393 e. The Morgan fingerprint density at radius 1 is 1.46 bits per heavy atom. The van der Waals surface area contributed by atoms with Crippen molar-refractivity contribution in [1.29, 1.82) is 0 Å². The van der Waals surface area contributed by atoms with Crippen LogP contribution in [0.5, 0.6) is 0 Å². The molecule has 2 N–H and O–H groups in total. The number of aromatic nitrogens is 5. The number of fused-ring (bicyclic) bond motifs is 1. The predicted molar refractivity (Wildman–Crippen MR) is 85.1 cm³/mol. The maximum absolute atomic E-state index is 12.8. The number of aliphatic hydroxyl groups is 1. The summed E-state index contributed by atoms with van der Waals surface area (Å²) < 4.78 is 3.42. The lowest BCUT2D eigenvalue weighted by atomic mass is 9.75. The summed E-state index contributed by atoms with van der Waals surface area (Å²) in [6.45, 7) is 0. The van der Waals surface area contributed by atoms with Crippen molar-refractivity contribution in [3.63, 3.8) is 0 Å². The van der Waals surface area contributed by atoms with Crippen LogP contribution in [0.4, 0.5) is 0 Å². The van der Waals surface area contributed by atoms with Gasteiger partial charge in [0.25, 0.3) is 5.91 Å². The second kappa shape index (κ2) is 5.72. The number of hydrogen-bond donors (Lipinski definition) is 2. The Kier molecular flexibility index (Phi) is 3.53. The number of carbonyl (C=O) groups is 1. The number of aliphatic hydroxyl groups excluding tert-OH is 1. The van der Waals surface area contributed by atoms with Crippen LogP contribution in [0.25, 0.3) is 5.65 Å². The summed E-state index contributed by atoms with van der Waals surface area (Å²) in [6, 6.07) is 3.34. The molecule has 3 heterocycles. The van der Waals surface area contributed by atoms with Gasteiger partial charge in [-0.25, -0.2) is 0 Å². The van der Waals surface area contributed by atoms with Crippen LogP contribution in [0.1, 0.15) is 34.8 Å². The molecule has 124 valence electrons. The van der Waals surface area contributed by atoms with E-state index in [1.807, 2.05) is 13.2 Å². The minimum atomic E-state index is -0.286. The molecule has 0 spiro atoms. The summed E-state index contributed by atoms with van der Waals surface area (Å²) in [6.07, 6.45) is 8.08. The zero-order valence-corrected chi connectivity index (χ0v) is 13.2. The highest BCUT2D eigenvalue weighted by atomic mass is 16.3. The van der Waals surface area contributed by atoms with Crippen LogP contribution in [0.15, 0.2) is 37.1 Å². The Balaban J connectivity index is 1.62. The zero-order valence-electron chi connectivity index (χ0n) is 13.2. The van der Waals surface area contributed by atoms with E-state index in [-0.39, 0.29) is 24.0 Å². The molecule has 3 aromatic rings. The topological polar surface area (TPSA) is 97.3 Å². The number of rotatable bonds is 4. The third kappa shape index (κ3) is 2.54. The van der Waals surface area contributed by atoms with E-state index in [1.165, 1.54) is 0 Å².